The molecule has 1 saturated heterocycles. The van der Waals surface area contributed by atoms with Crippen LogP contribution in [0.1, 0.15) is 62.1 Å². The molecule has 4 aromatic rings. The molecular weight excluding hydrogens is 630 g/mol. The molecule has 2 fully saturated rings. The van der Waals surface area contributed by atoms with Crippen LogP contribution in [-0.4, -0.2) is 49.8 Å². The van der Waals surface area contributed by atoms with Crippen molar-refractivity contribution in [1.29, 1.82) is 0 Å². The highest BCUT2D eigenvalue weighted by molar-refractivity contribution is 5.60. The fourth-order valence-electron chi connectivity index (χ4n) is 6.61. The van der Waals surface area contributed by atoms with Crippen molar-refractivity contribution in [2.75, 3.05) is 38.8 Å². The summed E-state index contributed by atoms with van der Waals surface area (Å²) in [5, 5.41) is 0. The third-order valence-electron chi connectivity index (χ3n) is 9.33. The second-order valence-corrected chi connectivity index (χ2v) is 12.8. The van der Waals surface area contributed by atoms with Crippen molar-refractivity contribution in [3.63, 3.8) is 0 Å². The Hall–Kier alpha value is -4.69. The number of piperidine rings is 1. The van der Waals surface area contributed by atoms with E-state index in [0.29, 0.717) is 29.8 Å². The van der Waals surface area contributed by atoms with Crippen molar-refractivity contribution in [2.45, 2.75) is 64.5 Å². The average molecular weight is 681 g/mol. The number of nitrogens with zero attached hydrogens (tertiary/aromatic N) is 3. The highest BCUT2D eigenvalue weighted by Gasteiger charge is 2.26. The van der Waals surface area contributed by atoms with Crippen LogP contribution in [0.4, 0.5) is 14.5 Å². The van der Waals surface area contributed by atoms with E-state index in [0.717, 1.165) is 67.7 Å². The van der Waals surface area contributed by atoms with Crippen LogP contribution in [0.15, 0.2) is 103 Å². The second-order valence-electron chi connectivity index (χ2n) is 12.8. The zero-order valence-corrected chi connectivity index (χ0v) is 29.7. The lowest BCUT2D eigenvalue weighted by Crippen LogP contribution is -2.45. The number of hydrogen-bond acceptors (Lipinski definition) is 6. The number of pyridine rings is 1. The Morgan fingerprint density at radius 3 is 2.20 bits per heavy atom. The molecule has 2 aliphatic rings. The van der Waals surface area contributed by atoms with Crippen LogP contribution in [-0.2, 0) is 13.0 Å². The van der Waals surface area contributed by atoms with E-state index in [1.165, 1.54) is 41.7 Å². The van der Waals surface area contributed by atoms with Gasteiger partial charge in [-0.3, -0.25) is 9.88 Å². The van der Waals surface area contributed by atoms with Gasteiger partial charge in [-0.15, -0.1) is 0 Å². The molecule has 1 aliphatic heterocycles. The molecule has 2 heterocycles. The van der Waals surface area contributed by atoms with E-state index in [1.54, 1.807) is 26.6 Å². The first kappa shape index (κ1) is 36.6. The van der Waals surface area contributed by atoms with Crippen LogP contribution < -0.4 is 20.1 Å². The summed E-state index contributed by atoms with van der Waals surface area (Å²) in [4.78, 5) is 9.34. The maximum atomic E-state index is 14.0. The van der Waals surface area contributed by atoms with Crippen molar-refractivity contribution in [2.24, 2.45) is 5.73 Å². The van der Waals surface area contributed by atoms with E-state index in [1.807, 2.05) is 44.2 Å². The number of likely N-dealkylation sites (tertiary alicyclic amines) is 1. The number of ether oxygens (including phenoxy) is 2. The second kappa shape index (κ2) is 17.8. The molecule has 2 N–H and O–H groups in total. The number of nitrogens with two attached hydrogens (primary N) is 1. The first-order valence-corrected chi connectivity index (χ1v) is 17.7. The van der Waals surface area contributed by atoms with E-state index in [2.05, 4.69) is 51.2 Å². The largest absolute Gasteiger partial charge is 0.497 e. The van der Waals surface area contributed by atoms with Crippen LogP contribution in [0.5, 0.6) is 11.5 Å². The predicted molar refractivity (Wildman–Crippen MR) is 200 cm³/mol. The molecule has 6 rings (SSSR count). The van der Waals surface area contributed by atoms with Gasteiger partial charge in [-0.1, -0.05) is 26.0 Å². The molecule has 0 radical (unpaired) electrons. The highest BCUT2D eigenvalue weighted by Crippen LogP contribution is 2.41. The number of aromatic nitrogens is 1. The number of hydrogen-bond donors (Lipinski definition) is 1. The van der Waals surface area contributed by atoms with Gasteiger partial charge in [0.2, 0.25) is 0 Å². The van der Waals surface area contributed by atoms with Gasteiger partial charge in [-0.2, -0.15) is 0 Å². The van der Waals surface area contributed by atoms with Crippen LogP contribution >= 0.6 is 0 Å². The smallest absolute Gasteiger partial charge is 0.126 e. The van der Waals surface area contributed by atoms with Crippen molar-refractivity contribution < 1.29 is 18.3 Å². The molecular formula is C42H50F2N4O2. The summed E-state index contributed by atoms with van der Waals surface area (Å²) in [6.07, 6.45) is 13.0. The monoisotopic (exact) mass is 680 g/mol. The third-order valence-corrected chi connectivity index (χ3v) is 9.33. The van der Waals surface area contributed by atoms with Crippen LogP contribution in [0.3, 0.4) is 0 Å². The summed E-state index contributed by atoms with van der Waals surface area (Å²) in [5.41, 5.74) is 12.8. The lowest BCUT2D eigenvalue weighted by molar-refractivity contribution is 0.224. The Morgan fingerprint density at radius 1 is 0.860 bits per heavy atom. The SMILES string of the molecule is CC.COc1ccc(N(Cc2ccnc(-c3cc(F)cc(F)c3)c2)C2CCN(CC(/C=C\N)=C/Cc3cc(OC)cc(C4CC4)c3)CC2)cc1. The minimum absolute atomic E-state index is 0.299. The quantitative estimate of drug-likeness (QED) is 0.142. The van der Waals surface area contributed by atoms with Gasteiger partial charge in [0.15, 0.2) is 0 Å². The van der Waals surface area contributed by atoms with E-state index < -0.39 is 11.6 Å². The van der Waals surface area contributed by atoms with E-state index >= 15 is 0 Å². The van der Waals surface area contributed by atoms with Crippen molar-refractivity contribution >= 4 is 5.69 Å². The maximum Gasteiger partial charge on any atom is 0.126 e. The molecule has 6 nitrogen and oxygen atoms in total. The molecule has 1 saturated carbocycles. The van der Waals surface area contributed by atoms with Crippen molar-refractivity contribution in [3.8, 4) is 22.8 Å². The Bertz CT molecular complexity index is 1730. The Kier molecular flexibility index (Phi) is 13.0. The molecule has 264 valence electrons. The summed E-state index contributed by atoms with van der Waals surface area (Å²) in [7, 11) is 3.40. The van der Waals surface area contributed by atoms with E-state index in [9.17, 15) is 8.78 Å². The standard InChI is InChI=1S/C40H44F2N4O2.C2H6/c1-47-38-9-7-36(8-10-38)46(27-30-12-16-44-40(21-30)33-22-34(41)25-35(42)23-33)37-13-17-45(18-14-37)26-28(11-15-43)3-4-29-19-32(31-5-6-31)24-39(20-29)48-2;1-2/h3,7-12,15-16,19-25,31,37H,4-6,13-14,17-18,26-27,43H2,1-2H3;1-2H3/b15-11-,28-3+;. The summed E-state index contributed by atoms with van der Waals surface area (Å²) in [5.74, 6) is 1.16. The van der Waals surface area contributed by atoms with Gasteiger partial charge < -0.3 is 20.1 Å². The zero-order chi connectivity index (χ0) is 35.5. The minimum atomic E-state index is -0.619. The Morgan fingerprint density at radius 2 is 1.56 bits per heavy atom. The van der Waals surface area contributed by atoms with Crippen LogP contribution in [0.25, 0.3) is 11.3 Å². The number of anilines is 1. The van der Waals surface area contributed by atoms with Gasteiger partial charge in [0, 0.05) is 55.7 Å². The van der Waals surface area contributed by atoms with Gasteiger partial charge in [-0.05, 0) is 133 Å². The molecule has 0 spiro atoms. The number of benzene rings is 3. The van der Waals surface area contributed by atoms with Gasteiger partial charge in [-0.25, -0.2) is 8.78 Å². The third kappa shape index (κ3) is 9.94. The highest BCUT2D eigenvalue weighted by atomic mass is 19.1. The molecule has 0 amide bonds. The Labute approximate surface area is 296 Å². The van der Waals surface area contributed by atoms with Gasteiger partial charge in [0.25, 0.3) is 0 Å². The molecule has 1 aliphatic carbocycles. The van der Waals surface area contributed by atoms with E-state index in [-0.39, 0.29) is 0 Å². The van der Waals surface area contributed by atoms with Gasteiger partial charge >= 0.3 is 0 Å². The fraction of sp³-hybridized carbons (Fsp3) is 0.357. The maximum absolute atomic E-state index is 14.0. The first-order valence-electron chi connectivity index (χ1n) is 17.7. The molecule has 0 atom stereocenters. The summed E-state index contributed by atoms with van der Waals surface area (Å²) >= 11 is 0. The number of allylic oxidation sites excluding steroid dienone is 1. The fourth-order valence-corrected chi connectivity index (χ4v) is 6.61. The molecule has 8 heteroatoms. The molecule has 3 aromatic carbocycles. The Balaban J connectivity index is 0.00000239. The zero-order valence-electron chi connectivity index (χ0n) is 29.7. The van der Waals surface area contributed by atoms with Crippen LogP contribution in [0, 0.1) is 11.6 Å². The van der Waals surface area contributed by atoms with Crippen LogP contribution in [0.2, 0.25) is 0 Å². The predicted octanol–water partition coefficient (Wildman–Crippen LogP) is 9.06. The van der Waals surface area contributed by atoms with Crippen molar-refractivity contribution in [1.82, 2.24) is 9.88 Å². The minimum Gasteiger partial charge on any atom is -0.497 e. The number of rotatable bonds is 13. The van der Waals surface area contributed by atoms with E-state index in [4.69, 9.17) is 15.2 Å². The van der Waals surface area contributed by atoms with Crippen molar-refractivity contribution in [3.05, 3.63) is 131 Å². The molecule has 0 bridgehead atoms. The topological polar surface area (TPSA) is 63.9 Å². The molecule has 1 aromatic heterocycles. The molecule has 50 heavy (non-hydrogen) atoms. The average Bonchev–Trinajstić information content (AvgIpc) is 4.00. The van der Waals surface area contributed by atoms with Gasteiger partial charge in [0.1, 0.15) is 23.1 Å². The van der Waals surface area contributed by atoms with Gasteiger partial charge in [0.05, 0.1) is 19.9 Å². The summed E-state index contributed by atoms with van der Waals surface area (Å²) < 4.78 is 39.0. The lowest BCUT2D eigenvalue weighted by Gasteiger charge is -2.40. The summed E-state index contributed by atoms with van der Waals surface area (Å²) in [6, 6.07) is 22.5. The molecule has 0 unspecified atom stereocenters. The number of methoxy groups -OCH3 is 2. The summed E-state index contributed by atoms with van der Waals surface area (Å²) in [6.45, 7) is 7.36. The normalized spacial score (nSPS) is 15.4. The lowest BCUT2D eigenvalue weighted by atomic mass is 9.99. The number of halogens is 2. The first-order chi connectivity index (χ1) is 24.4.